The number of carboxylic acids is 1. The average molecular weight is 587 g/mol. The minimum atomic E-state index is -0.964. The molecule has 4 heterocycles. The van der Waals surface area contributed by atoms with Crippen molar-refractivity contribution in [2.75, 3.05) is 0 Å². The van der Waals surface area contributed by atoms with Gasteiger partial charge in [0.15, 0.2) is 11.6 Å². The number of H-pyrrole nitrogens is 1. The first kappa shape index (κ1) is 26.9. The maximum absolute atomic E-state index is 13.4. The second-order valence-electron chi connectivity index (χ2n) is 10.2. The third-order valence-electron chi connectivity index (χ3n) is 7.06. The lowest BCUT2D eigenvalue weighted by Crippen LogP contribution is -2.31. The van der Waals surface area contributed by atoms with Crippen molar-refractivity contribution in [3.8, 4) is 5.00 Å². The van der Waals surface area contributed by atoms with Crippen molar-refractivity contribution in [2.45, 2.75) is 45.2 Å². The highest BCUT2D eigenvalue weighted by atomic mass is 35.5. The van der Waals surface area contributed by atoms with Gasteiger partial charge in [-0.25, -0.2) is 0 Å². The maximum atomic E-state index is 13.4. The van der Waals surface area contributed by atoms with Crippen LogP contribution in [0.4, 0.5) is 0 Å². The Kier molecular flexibility index (Phi) is 7.19. The maximum Gasteiger partial charge on any atom is 0.303 e. The molecule has 0 bridgehead atoms. The molecule has 6 rings (SSSR count). The molecule has 0 spiro atoms. The number of thiophene rings is 1. The summed E-state index contributed by atoms with van der Waals surface area (Å²) in [5.74, 6) is -0.00811. The molecule has 0 fully saturated rings. The fraction of sp³-hybridized carbons (Fsp3) is 0.233. The number of hydrogen-bond donors (Lipinski definition) is 3. The lowest BCUT2D eigenvalue weighted by Gasteiger charge is -2.19. The van der Waals surface area contributed by atoms with Gasteiger partial charge >= 0.3 is 5.97 Å². The van der Waals surface area contributed by atoms with E-state index in [1.54, 1.807) is 17.4 Å². The number of benzene rings is 2. The van der Waals surface area contributed by atoms with Gasteiger partial charge in [-0.1, -0.05) is 61.8 Å². The minimum absolute atomic E-state index is 0.134. The average Bonchev–Trinajstić information content (AvgIpc) is 3.67. The number of nitrogens with zero attached hydrogens (tertiary/aromatic N) is 4. The first-order valence-electron chi connectivity index (χ1n) is 13.3. The zero-order chi connectivity index (χ0) is 28.7. The number of carboxylic acid groups (broad SMARTS) is 1. The van der Waals surface area contributed by atoms with E-state index in [2.05, 4.69) is 40.4 Å². The molecule has 1 aliphatic rings. The van der Waals surface area contributed by atoms with Crippen molar-refractivity contribution in [1.82, 2.24) is 25.1 Å². The molecular weight excluding hydrogens is 560 g/mol. The van der Waals surface area contributed by atoms with Crippen LogP contribution in [0.3, 0.4) is 0 Å². The lowest BCUT2D eigenvalue weighted by molar-refractivity contribution is -0.137. The van der Waals surface area contributed by atoms with Gasteiger partial charge in [0, 0.05) is 38.4 Å². The topological polar surface area (TPSA) is 125 Å². The third-order valence-corrected chi connectivity index (χ3v) is 8.81. The van der Waals surface area contributed by atoms with Crippen molar-refractivity contribution in [1.29, 1.82) is 0 Å². The number of amides is 1. The van der Waals surface area contributed by atoms with Gasteiger partial charge in [0.25, 0.3) is 5.91 Å². The van der Waals surface area contributed by atoms with Crippen molar-refractivity contribution < 1.29 is 14.7 Å². The Labute approximate surface area is 244 Å². The summed E-state index contributed by atoms with van der Waals surface area (Å²) in [5, 5.41) is 23.8. The highest BCUT2D eigenvalue weighted by molar-refractivity contribution is 7.15. The van der Waals surface area contributed by atoms with Gasteiger partial charge in [-0.2, -0.15) is 0 Å². The van der Waals surface area contributed by atoms with E-state index < -0.39 is 12.0 Å². The van der Waals surface area contributed by atoms with Crippen LogP contribution in [0.25, 0.3) is 15.9 Å². The number of hydrogen-bond acceptors (Lipinski definition) is 6. The molecule has 0 unspecified atom stereocenters. The van der Waals surface area contributed by atoms with E-state index in [4.69, 9.17) is 16.6 Å². The molecule has 1 aliphatic heterocycles. The highest BCUT2D eigenvalue weighted by Crippen LogP contribution is 2.38. The zero-order valence-electron chi connectivity index (χ0n) is 22.4. The molecule has 5 aromatic rings. The number of carbonyl (C=O) groups is 2. The molecule has 208 valence electrons. The van der Waals surface area contributed by atoms with Crippen LogP contribution in [0.1, 0.15) is 76.8 Å². The summed E-state index contributed by atoms with van der Waals surface area (Å²) >= 11 is 8.22. The van der Waals surface area contributed by atoms with Gasteiger partial charge in [-0.3, -0.25) is 19.1 Å². The summed E-state index contributed by atoms with van der Waals surface area (Å²) in [7, 11) is 0. The highest BCUT2D eigenvalue weighted by Gasteiger charge is 2.31. The van der Waals surface area contributed by atoms with Gasteiger partial charge in [0.05, 0.1) is 11.8 Å². The summed E-state index contributed by atoms with van der Waals surface area (Å²) in [5.41, 5.74) is 3.69. The number of rotatable bonds is 8. The summed E-state index contributed by atoms with van der Waals surface area (Å²) in [6.07, 6.45) is -0.0227. The summed E-state index contributed by atoms with van der Waals surface area (Å²) in [4.78, 5) is 34.2. The second-order valence-corrected chi connectivity index (χ2v) is 11.7. The predicted octanol–water partition coefficient (Wildman–Crippen LogP) is 6.27. The Morgan fingerprint density at radius 3 is 2.63 bits per heavy atom. The van der Waals surface area contributed by atoms with E-state index in [0.717, 1.165) is 37.6 Å². The van der Waals surface area contributed by atoms with Gasteiger partial charge < -0.3 is 15.4 Å². The number of aliphatic imine (C=N–C) groups is 1. The Balaban J connectivity index is 1.44. The smallest absolute Gasteiger partial charge is 0.303 e. The fourth-order valence-electron chi connectivity index (χ4n) is 4.98. The van der Waals surface area contributed by atoms with Gasteiger partial charge in [0.1, 0.15) is 17.2 Å². The van der Waals surface area contributed by atoms with Crippen LogP contribution >= 0.6 is 22.9 Å². The Hall–Kier alpha value is -4.28. The van der Waals surface area contributed by atoms with Crippen LogP contribution in [0.5, 0.6) is 0 Å². The van der Waals surface area contributed by atoms with Crippen molar-refractivity contribution in [3.05, 3.63) is 99.0 Å². The molecule has 11 heteroatoms. The molecule has 0 saturated carbocycles. The Morgan fingerprint density at radius 2 is 1.88 bits per heavy atom. The first-order chi connectivity index (χ1) is 19.8. The number of fused-ring (bicyclic) bond motifs is 4. The van der Waals surface area contributed by atoms with Crippen LogP contribution in [0, 0.1) is 0 Å². The SMILES string of the molecule is CC(C)c1cc2c(s1)-n1c(nnc1[C@@H](CCC(=O)O)NC(=O)c1cc3ccccc3[nH]1)CN=C2c1ccccc1Cl. The van der Waals surface area contributed by atoms with Gasteiger partial charge in [-0.05, 0) is 36.6 Å². The molecule has 0 aliphatic carbocycles. The molecule has 0 radical (unpaired) electrons. The molecule has 1 atom stereocenters. The van der Waals surface area contributed by atoms with E-state index in [1.165, 1.54) is 0 Å². The molecule has 0 saturated heterocycles. The van der Waals surface area contributed by atoms with Crippen LogP contribution in [0.15, 0.2) is 65.7 Å². The van der Waals surface area contributed by atoms with Crippen LogP contribution in [-0.2, 0) is 11.3 Å². The van der Waals surface area contributed by atoms with Gasteiger partial charge in [0.2, 0.25) is 0 Å². The van der Waals surface area contributed by atoms with Crippen molar-refractivity contribution >= 4 is 51.4 Å². The fourth-order valence-corrected chi connectivity index (χ4v) is 6.40. The van der Waals surface area contributed by atoms with Crippen molar-refractivity contribution in [2.24, 2.45) is 4.99 Å². The van der Waals surface area contributed by atoms with Crippen LogP contribution < -0.4 is 5.32 Å². The molecule has 3 aromatic heterocycles. The standard InChI is InChI=1S/C30H27ClN6O3S/c1-16(2)24-14-19-27(18-8-4-5-9-20(18)31)32-15-25-35-36-28(37(25)30(19)41-24)22(11-12-26(38)39)34-29(40)23-13-17-7-3-6-10-21(17)33-23/h3-10,13-14,16,22,33H,11-12,15H2,1-2H3,(H,34,40)(H,38,39)/t22-/m1/s1. The van der Waals surface area contributed by atoms with E-state index >= 15 is 0 Å². The number of aromatic nitrogens is 4. The number of halogens is 1. The third kappa shape index (κ3) is 5.16. The monoisotopic (exact) mass is 586 g/mol. The quantitative estimate of drug-likeness (QED) is 0.197. The molecule has 2 aromatic carbocycles. The molecule has 9 nitrogen and oxygen atoms in total. The van der Waals surface area contributed by atoms with E-state index in [0.29, 0.717) is 22.4 Å². The number of nitrogens with one attached hydrogen (secondary N) is 2. The largest absolute Gasteiger partial charge is 0.481 e. The summed E-state index contributed by atoms with van der Waals surface area (Å²) in [6, 6.07) is 18.4. The Bertz CT molecular complexity index is 1780. The van der Waals surface area contributed by atoms with E-state index in [-0.39, 0.29) is 31.2 Å². The summed E-state index contributed by atoms with van der Waals surface area (Å²) < 4.78 is 1.93. The molecule has 3 N–H and O–H groups in total. The number of aromatic amines is 1. The minimum Gasteiger partial charge on any atom is -0.481 e. The summed E-state index contributed by atoms with van der Waals surface area (Å²) in [6.45, 7) is 4.50. The molecule has 41 heavy (non-hydrogen) atoms. The lowest BCUT2D eigenvalue weighted by atomic mass is 10.0. The number of para-hydroxylation sites is 1. The Morgan fingerprint density at radius 1 is 1.10 bits per heavy atom. The van der Waals surface area contributed by atoms with E-state index in [9.17, 15) is 14.7 Å². The van der Waals surface area contributed by atoms with Gasteiger partial charge in [-0.15, -0.1) is 21.5 Å². The second kappa shape index (κ2) is 10.9. The molecule has 1 amide bonds. The van der Waals surface area contributed by atoms with Crippen LogP contribution in [0.2, 0.25) is 5.02 Å². The number of carbonyl (C=O) groups excluding carboxylic acids is 1. The van der Waals surface area contributed by atoms with Crippen molar-refractivity contribution in [3.63, 3.8) is 0 Å². The zero-order valence-corrected chi connectivity index (χ0v) is 24.0. The van der Waals surface area contributed by atoms with E-state index in [1.807, 2.05) is 53.1 Å². The predicted molar refractivity (Wildman–Crippen MR) is 159 cm³/mol. The molecular formula is C30H27ClN6O3S. The normalized spacial score (nSPS) is 13.4. The van der Waals surface area contributed by atoms with Crippen LogP contribution in [-0.4, -0.2) is 42.4 Å². The number of aliphatic carboxylic acids is 1. The first-order valence-corrected chi connectivity index (χ1v) is 14.5.